The lowest BCUT2D eigenvalue weighted by atomic mass is 9.88. The number of halogens is 2. The molecule has 0 radical (unpaired) electrons. The molecule has 2 bridgehead atoms. The molecule has 51 heavy (non-hydrogen) atoms. The summed E-state index contributed by atoms with van der Waals surface area (Å²) in [5.41, 5.74) is 1.37. The molecule has 5 heterocycles. The molecule has 2 aromatic carbocycles. The van der Waals surface area contributed by atoms with Crippen molar-refractivity contribution >= 4 is 66.9 Å². The van der Waals surface area contributed by atoms with Crippen LogP contribution in [0.25, 0.3) is 32.1 Å². The zero-order valence-electron chi connectivity index (χ0n) is 28.9. The molecule has 264 valence electrons. The van der Waals surface area contributed by atoms with E-state index in [1.807, 2.05) is 20.8 Å². The smallest absolute Gasteiger partial charge is 0.412 e. The average molecular weight is 732 g/mol. The van der Waals surface area contributed by atoms with Crippen LogP contribution in [0.4, 0.5) is 24.8 Å². The Morgan fingerprint density at radius 2 is 1.84 bits per heavy atom. The first-order valence-electron chi connectivity index (χ1n) is 16.5. The predicted octanol–water partition coefficient (Wildman–Crippen LogP) is 8.21. The Morgan fingerprint density at radius 1 is 1.10 bits per heavy atom. The number of thiophene rings is 1. The maximum Gasteiger partial charge on any atom is 0.412 e. The second-order valence-electron chi connectivity index (χ2n) is 14.8. The average Bonchev–Trinajstić information content (AvgIpc) is 3.83. The van der Waals surface area contributed by atoms with Crippen LogP contribution in [0.3, 0.4) is 0 Å². The van der Waals surface area contributed by atoms with Crippen LogP contribution in [0.15, 0.2) is 18.5 Å². The number of piperazine rings is 1. The molecule has 1 N–H and O–H groups in total. The van der Waals surface area contributed by atoms with Gasteiger partial charge in [0.15, 0.2) is 0 Å². The largest absolute Gasteiger partial charge is 0.444 e. The highest BCUT2D eigenvalue weighted by atomic mass is 35.5. The van der Waals surface area contributed by atoms with Crippen molar-refractivity contribution in [2.45, 2.75) is 90.4 Å². The van der Waals surface area contributed by atoms with Crippen molar-refractivity contribution in [1.29, 1.82) is 10.5 Å². The first-order chi connectivity index (χ1) is 24.1. The fourth-order valence-corrected chi connectivity index (χ4v) is 8.71. The number of likely N-dealkylation sites (tertiary alicyclic amines) is 1. The van der Waals surface area contributed by atoms with E-state index < -0.39 is 29.2 Å². The standard InChI is InChI=1S/C36H35ClFN7O5S/c1-35(2,3)49-33(46)43-32-20(12-40)25-19(7-8-22(38)30(25)51-32)24-21-15-48-23(9-10-39)26(21)27-29(28(24)37)41-16-42-31(27)44-13-18-11-17(44)14-45(18)34(47)50-36(4,5)6/h7-8,16-18,23H,9,11,13-15H2,1-6H3,(H,43,46). The van der Waals surface area contributed by atoms with E-state index in [1.165, 1.54) is 12.4 Å². The maximum absolute atomic E-state index is 15.5. The Balaban J connectivity index is 1.38. The van der Waals surface area contributed by atoms with Crippen molar-refractivity contribution in [3.05, 3.63) is 46.0 Å². The Labute approximate surface area is 302 Å². The zero-order valence-corrected chi connectivity index (χ0v) is 30.5. The van der Waals surface area contributed by atoms with E-state index in [0.29, 0.717) is 52.1 Å². The number of hydrogen-bond donors (Lipinski definition) is 1. The second-order valence-corrected chi connectivity index (χ2v) is 16.2. The Morgan fingerprint density at radius 3 is 2.49 bits per heavy atom. The van der Waals surface area contributed by atoms with Gasteiger partial charge in [0.05, 0.1) is 63.5 Å². The molecule has 12 nitrogen and oxygen atoms in total. The molecule has 15 heteroatoms. The van der Waals surface area contributed by atoms with E-state index in [0.717, 1.165) is 17.8 Å². The number of ether oxygens (including phenoxy) is 3. The highest BCUT2D eigenvalue weighted by Gasteiger charge is 2.48. The van der Waals surface area contributed by atoms with Gasteiger partial charge in [-0.3, -0.25) is 5.32 Å². The summed E-state index contributed by atoms with van der Waals surface area (Å²) >= 11 is 8.23. The third kappa shape index (κ3) is 6.05. The molecule has 3 unspecified atom stereocenters. The number of nitriles is 2. The molecule has 2 fully saturated rings. The van der Waals surface area contributed by atoms with Crippen molar-refractivity contribution < 1.29 is 28.2 Å². The van der Waals surface area contributed by atoms with Crippen LogP contribution < -0.4 is 10.2 Å². The molecule has 2 aromatic heterocycles. The summed E-state index contributed by atoms with van der Waals surface area (Å²) in [6.45, 7) is 11.7. The van der Waals surface area contributed by atoms with Crippen LogP contribution >= 0.6 is 22.9 Å². The first-order valence-corrected chi connectivity index (χ1v) is 17.7. The molecule has 0 saturated carbocycles. The van der Waals surface area contributed by atoms with Gasteiger partial charge in [0.1, 0.15) is 40.2 Å². The lowest BCUT2D eigenvalue weighted by Crippen LogP contribution is -2.50. The van der Waals surface area contributed by atoms with Gasteiger partial charge in [0, 0.05) is 29.6 Å². The number of carbonyl (C=O) groups excluding carboxylic acids is 2. The van der Waals surface area contributed by atoms with Crippen LogP contribution in [0.5, 0.6) is 0 Å². The predicted molar refractivity (Wildman–Crippen MR) is 190 cm³/mol. The molecule has 0 aliphatic carbocycles. The van der Waals surface area contributed by atoms with Gasteiger partial charge < -0.3 is 24.0 Å². The van der Waals surface area contributed by atoms with Crippen LogP contribution in [0, 0.1) is 28.5 Å². The van der Waals surface area contributed by atoms with Crippen molar-refractivity contribution in [3.8, 4) is 23.3 Å². The normalized spacial score (nSPS) is 19.7. The lowest BCUT2D eigenvalue weighted by molar-refractivity contribution is 0.0214. The molecule has 7 rings (SSSR count). The van der Waals surface area contributed by atoms with Gasteiger partial charge in [0.2, 0.25) is 0 Å². The number of rotatable bonds is 4. The highest BCUT2D eigenvalue weighted by molar-refractivity contribution is 7.23. The van der Waals surface area contributed by atoms with Crippen LogP contribution in [-0.2, 0) is 20.8 Å². The fourth-order valence-electron chi connectivity index (χ4n) is 7.28. The van der Waals surface area contributed by atoms with Crippen molar-refractivity contribution in [2.24, 2.45) is 0 Å². The summed E-state index contributed by atoms with van der Waals surface area (Å²) in [6.07, 6.45) is 0.447. The van der Waals surface area contributed by atoms with Gasteiger partial charge in [-0.05, 0) is 65.2 Å². The minimum absolute atomic E-state index is 0.0388. The molecular weight excluding hydrogens is 697 g/mol. The number of fused-ring (bicyclic) bond motifs is 6. The number of aromatic nitrogens is 2. The monoisotopic (exact) mass is 731 g/mol. The summed E-state index contributed by atoms with van der Waals surface area (Å²) in [5, 5.41) is 24.1. The van der Waals surface area contributed by atoms with Crippen molar-refractivity contribution in [1.82, 2.24) is 14.9 Å². The molecule has 3 atom stereocenters. The fraction of sp³-hybridized carbons (Fsp3) is 0.444. The zero-order chi connectivity index (χ0) is 36.6. The quantitative estimate of drug-likeness (QED) is 0.217. The molecule has 3 aliphatic rings. The molecule has 3 aliphatic heterocycles. The van der Waals surface area contributed by atoms with Crippen LogP contribution in [-0.4, -0.2) is 63.4 Å². The van der Waals surface area contributed by atoms with Gasteiger partial charge in [-0.15, -0.1) is 11.3 Å². The minimum Gasteiger partial charge on any atom is -0.444 e. The molecule has 0 spiro atoms. The highest BCUT2D eigenvalue weighted by Crippen LogP contribution is 2.53. The number of nitrogens with zero attached hydrogens (tertiary/aromatic N) is 6. The maximum atomic E-state index is 15.5. The van der Waals surface area contributed by atoms with E-state index in [2.05, 4.69) is 27.3 Å². The number of hydrogen-bond acceptors (Lipinski definition) is 11. The van der Waals surface area contributed by atoms with Crippen LogP contribution in [0.1, 0.15) is 77.2 Å². The Bertz CT molecular complexity index is 2220. The van der Waals surface area contributed by atoms with Crippen LogP contribution in [0.2, 0.25) is 5.02 Å². The number of anilines is 2. The van der Waals surface area contributed by atoms with Gasteiger partial charge in [-0.2, -0.15) is 10.5 Å². The van der Waals surface area contributed by atoms with Gasteiger partial charge in [-0.1, -0.05) is 17.7 Å². The summed E-state index contributed by atoms with van der Waals surface area (Å²) < 4.78 is 32.9. The van der Waals surface area contributed by atoms with Gasteiger partial charge in [0.25, 0.3) is 0 Å². The van der Waals surface area contributed by atoms with E-state index in [-0.39, 0.29) is 56.9 Å². The number of carbonyl (C=O) groups is 2. The van der Waals surface area contributed by atoms with E-state index >= 15 is 4.39 Å². The van der Waals surface area contributed by atoms with E-state index in [9.17, 15) is 20.1 Å². The van der Waals surface area contributed by atoms with Gasteiger partial charge >= 0.3 is 12.2 Å². The van der Waals surface area contributed by atoms with E-state index in [4.69, 9.17) is 30.8 Å². The first kappa shape index (κ1) is 34.7. The second kappa shape index (κ2) is 12.5. The number of amides is 2. The minimum atomic E-state index is -0.796. The number of nitrogens with one attached hydrogen (secondary N) is 1. The van der Waals surface area contributed by atoms with E-state index in [1.54, 1.807) is 31.7 Å². The third-order valence-electron chi connectivity index (χ3n) is 9.11. The molecule has 2 amide bonds. The molecular formula is C36H35ClFN7O5S. The SMILES string of the molecule is CC(C)(C)OC(=O)Nc1sc2c(F)ccc(-c3c4c(c5c(N6CC7CC6CN7C(=O)OC(C)(C)C)ncnc5c3Cl)C(CC#N)OC4)c2c1C#N. The van der Waals surface area contributed by atoms with Gasteiger partial charge in [-0.25, -0.2) is 23.9 Å². The topological polar surface area (TPSA) is 154 Å². The lowest BCUT2D eigenvalue weighted by Gasteiger charge is -2.36. The summed E-state index contributed by atoms with van der Waals surface area (Å²) in [4.78, 5) is 39.0. The molecule has 2 saturated heterocycles. The Kier molecular flexibility index (Phi) is 8.48. The summed E-state index contributed by atoms with van der Waals surface area (Å²) in [5.74, 6) is 0.0459. The summed E-state index contributed by atoms with van der Waals surface area (Å²) in [7, 11) is 0. The molecule has 4 aromatic rings. The van der Waals surface area contributed by atoms with Crippen molar-refractivity contribution in [2.75, 3.05) is 23.3 Å². The van der Waals surface area contributed by atoms with Crippen molar-refractivity contribution in [3.63, 3.8) is 0 Å². The Hall–Kier alpha value is -4.76. The number of benzene rings is 2. The third-order valence-corrected chi connectivity index (χ3v) is 10.6. The summed E-state index contributed by atoms with van der Waals surface area (Å²) in [6, 6.07) is 7.10.